The van der Waals surface area contributed by atoms with E-state index in [1.54, 1.807) is 6.07 Å². The number of unbranched alkanes of at least 4 members (excludes halogenated alkanes) is 5. The fourth-order valence-electron chi connectivity index (χ4n) is 3.90. The molecule has 1 aromatic rings. The zero-order valence-electron chi connectivity index (χ0n) is 22.3. The van der Waals surface area contributed by atoms with Crippen LogP contribution in [0.5, 0.6) is 11.5 Å². The lowest BCUT2D eigenvalue weighted by Gasteiger charge is -2.16. The average molecular weight is 535 g/mol. The molecule has 2 amide bonds. The van der Waals surface area contributed by atoms with Crippen LogP contribution in [0.15, 0.2) is 23.2 Å². The summed E-state index contributed by atoms with van der Waals surface area (Å²) in [6, 6.07) is 2.88. The minimum atomic E-state index is -1.38. The van der Waals surface area contributed by atoms with Crippen LogP contribution >= 0.6 is 0 Å². The standard InChI is InChI=1S/C27H42N4O7/c1-2-3-4-5-6-10-16-38-27(36)31-22(26(34)35)19-30-25(33)21-13-12-20(18-23(21)32)37-17-15-29-24-11-8-7-9-14-28-24/h12-13,18,22,32H,2-11,14-17,19H2,1H3,(H,28,29)(H,30,33)(H,31,36)(H,34,35)/t22-/m0/s1. The third-order valence-corrected chi connectivity index (χ3v) is 6.08. The summed E-state index contributed by atoms with van der Waals surface area (Å²) < 4.78 is 10.7. The number of aliphatic imine (C=N–C) groups is 1. The molecule has 0 radical (unpaired) electrons. The van der Waals surface area contributed by atoms with Crippen molar-refractivity contribution in [1.29, 1.82) is 0 Å². The summed E-state index contributed by atoms with van der Waals surface area (Å²) in [5.74, 6) is -0.934. The Labute approximate surface area is 224 Å². The van der Waals surface area contributed by atoms with Gasteiger partial charge in [-0.15, -0.1) is 0 Å². The minimum Gasteiger partial charge on any atom is -0.507 e. The van der Waals surface area contributed by atoms with Gasteiger partial charge in [0, 0.05) is 25.6 Å². The predicted octanol–water partition coefficient (Wildman–Crippen LogP) is 3.60. The van der Waals surface area contributed by atoms with Crippen LogP contribution < -0.4 is 20.7 Å². The molecular weight excluding hydrogens is 492 g/mol. The maximum absolute atomic E-state index is 12.5. The van der Waals surface area contributed by atoms with Crippen molar-refractivity contribution in [2.45, 2.75) is 77.2 Å². The van der Waals surface area contributed by atoms with Gasteiger partial charge in [0.05, 0.1) is 24.6 Å². The Morgan fingerprint density at radius 1 is 1.05 bits per heavy atom. The average Bonchev–Trinajstić information content (AvgIpc) is 3.17. The maximum Gasteiger partial charge on any atom is 0.407 e. The highest BCUT2D eigenvalue weighted by Gasteiger charge is 2.22. The zero-order chi connectivity index (χ0) is 27.6. The van der Waals surface area contributed by atoms with Crippen molar-refractivity contribution >= 4 is 23.8 Å². The summed E-state index contributed by atoms with van der Waals surface area (Å²) in [6.45, 7) is 3.71. The van der Waals surface area contributed by atoms with Gasteiger partial charge < -0.3 is 35.6 Å². The number of amides is 2. The first-order valence-electron chi connectivity index (χ1n) is 13.6. The van der Waals surface area contributed by atoms with E-state index in [1.165, 1.54) is 25.0 Å². The highest BCUT2D eigenvalue weighted by molar-refractivity contribution is 5.97. The number of ether oxygens (including phenoxy) is 2. The second-order valence-electron chi connectivity index (χ2n) is 9.24. The number of hydrogen-bond donors (Lipinski definition) is 5. The molecule has 1 heterocycles. The van der Waals surface area contributed by atoms with Crippen LogP contribution in [0.4, 0.5) is 4.79 Å². The van der Waals surface area contributed by atoms with Crippen molar-refractivity contribution in [2.24, 2.45) is 4.99 Å². The monoisotopic (exact) mass is 534 g/mol. The van der Waals surface area contributed by atoms with Gasteiger partial charge in [-0.2, -0.15) is 0 Å². The molecule has 1 aromatic carbocycles. The number of alkyl carbamates (subject to hydrolysis) is 1. The van der Waals surface area contributed by atoms with E-state index in [0.717, 1.165) is 57.3 Å². The van der Waals surface area contributed by atoms with Crippen molar-refractivity contribution in [3.63, 3.8) is 0 Å². The summed E-state index contributed by atoms with van der Waals surface area (Å²) in [6.07, 6.45) is 9.67. The number of carboxylic acids is 1. The van der Waals surface area contributed by atoms with Crippen LogP contribution in [-0.4, -0.2) is 72.9 Å². The molecule has 1 aliphatic heterocycles. The molecule has 11 heteroatoms. The predicted molar refractivity (Wildman–Crippen MR) is 144 cm³/mol. The summed E-state index contributed by atoms with van der Waals surface area (Å²) in [5, 5.41) is 27.6. The first-order chi connectivity index (χ1) is 18.4. The number of phenolic OH excluding ortho intramolecular Hbond substituents is 1. The molecule has 0 saturated heterocycles. The van der Waals surface area contributed by atoms with Gasteiger partial charge in [-0.25, -0.2) is 9.59 Å². The first kappa shape index (κ1) is 30.7. The Morgan fingerprint density at radius 3 is 2.61 bits per heavy atom. The van der Waals surface area contributed by atoms with Crippen molar-refractivity contribution in [3.05, 3.63) is 23.8 Å². The van der Waals surface area contributed by atoms with Gasteiger partial charge in [-0.05, 0) is 31.4 Å². The summed E-state index contributed by atoms with van der Waals surface area (Å²) in [7, 11) is 0. The fourth-order valence-corrected chi connectivity index (χ4v) is 3.90. The quantitative estimate of drug-likeness (QED) is 0.201. The van der Waals surface area contributed by atoms with Gasteiger partial charge in [-0.1, -0.05) is 45.4 Å². The lowest BCUT2D eigenvalue weighted by molar-refractivity contribution is -0.139. The van der Waals surface area contributed by atoms with E-state index in [0.29, 0.717) is 25.3 Å². The molecule has 0 bridgehead atoms. The topological polar surface area (TPSA) is 159 Å². The molecule has 0 unspecified atom stereocenters. The van der Waals surface area contributed by atoms with Gasteiger partial charge >= 0.3 is 12.1 Å². The van der Waals surface area contributed by atoms with Crippen LogP contribution in [0.25, 0.3) is 0 Å². The van der Waals surface area contributed by atoms with E-state index in [9.17, 15) is 24.6 Å². The minimum absolute atomic E-state index is 0.0434. The summed E-state index contributed by atoms with van der Waals surface area (Å²) in [5.41, 5.74) is -0.0434. The normalized spacial score (nSPS) is 14.0. The molecule has 38 heavy (non-hydrogen) atoms. The molecule has 5 N–H and O–H groups in total. The lowest BCUT2D eigenvalue weighted by Crippen LogP contribution is -2.48. The van der Waals surface area contributed by atoms with Crippen molar-refractivity contribution in [1.82, 2.24) is 16.0 Å². The molecule has 2 rings (SSSR count). The Morgan fingerprint density at radius 2 is 1.84 bits per heavy atom. The highest BCUT2D eigenvalue weighted by atomic mass is 16.5. The number of amidine groups is 1. The third-order valence-electron chi connectivity index (χ3n) is 6.08. The molecule has 0 aliphatic carbocycles. The van der Waals surface area contributed by atoms with Crippen LogP contribution in [0.3, 0.4) is 0 Å². The lowest BCUT2D eigenvalue weighted by atomic mass is 10.1. The SMILES string of the molecule is CCCCCCCCOC(=O)N[C@@H](CNC(=O)c1ccc(OCCNC2=NCCCCC2)cc1O)C(=O)O. The third kappa shape index (κ3) is 12.2. The number of hydrogen-bond acceptors (Lipinski definition) is 8. The number of carbonyl (C=O) groups excluding carboxylic acids is 2. The van der Waals surface area contributed by atoms with E-state index in [2.05, 4.69) is 27.9 Å². The largest absolute Gasteiger partial charge is 0.507 e. The van der Waals surface area contributed by atoms with Crippen LogP contribution in [0.1, 0.15) is 81.5 Å². The fraction of sp³-hybridized carbons (Fsp3) is 0.630. The van der Waals surface area contributed by atoms with Crippen LogP contribution in [-0.2, 0) is 9.53 Å². The van der Waals surface area contributed by atoms with Crippen molar-refractivity contribution < 1.29 is 34.1 Å². The second-order valence-corrected chi connectivity index (χ2v) is 9.24. The van der Waals surface area contributed by atoms with Gasteiger partial charge in [0.1, 0.15) is 24.1 Å². The molecule has 1 atom stereocenters. The molecule has 0 fully saturated rings. The van der Waals surface area contributed by atoms with Crippen molar-refractivity contribution in [3.8, 4) is 11.5 Å². The first-order valence-corrected chi connectivity index (χ1v) is 13.6. The van der Waals surface area contributed by atoms with Gasteiger partial charge in [0.25, 0.3) is 5.91 Å². The van der Waals surface area contributed by atoms with Gasteiger partial charge in [-0.3, -0.25) is 9.79 Å². The molecule has 0 spiro atoms. The number of nitrogens with one attached hydrogen (secondary N) is 3. The number of rotatable bonds is 16. The van der Waals surface area contributed by atoms with E-state index >= 15 is 0 Å². The maximum atomic E-state index is 12.5. The van der Waals surface area contributed by atoms with Crippen molar-refractivity contribution in [2.75, 3.05) is 32.8 Å². The van der Waals surface area contributed by atoms with E-state index in [-0.39, 0.29) is 24.5 Å². The molecule has 11 nitrogen and oxygen atoms in total. The number of aromatic hydroxyl groups is 1. The Hall–Kier alpha value is -3.50. The Bertz CT molecular complexity index is 923. The zero-order valence-corrected chi connectivity index (χ0v) is 22.3. The number of aliphatic carboxylic acids is 1. The van der Waals surface area contributed by atoms with Crippen LogP contribution in [0.2, 0.25) is 0 Å². The molecule has 0 saturated carbocycles. The molecule has 0 aromatic heterocycles. The molecular formula is C27H42N4O7. The van der Waals surface area contributed by atoms with E-state index < -0.39 is 24.0 Å². The van der Waals surface area contributed by atoms with Crippen LogP contribution in [0, 0.1) is 0 Å². The number of phenols is 1. The summed E-state index contributed by atoms with van der Waals surface area (Å²) >= 11 is 0. The smallest absolute Gasteiger partial charge is 0.407 e. The van der Waals surface area contributed by atoms with Gasteiger partial charge in [0.15, 0.2) is 0 Å². The highest BCUT2D eigenvalue weighted by Crippen LogP contribution is 2.23. The second kappa shape index (κ2) is 17.9. The Balaban J connectivity index is 1.72. The summed E-state index contributed by atoms with van der Waals surface area (Å²) in [4.78, 5) is 40.4. The number of benzene rings is 1. The molecule has 212 valence electrons. The Kier molecular flexibility index (Phi) is 14.4. The van der Waals surface area contributed by atoms with Gasteiger partial charge in [0.2, 0.25) is 0 Å². The van der Waals surface area contributed by atoms with E-state index in [4.69, 9.17) is 9.47 Å². The molecule has 1 aliphatic rings. The number of carboxylic acid groups (broad SMARTS) is 1. The van der Waals surface area contributed by atoms with E-state index in [1.807, 2.05) is 0 Å². The number of nitrogens with zero attached hydrogens (tertiary/aromatic N) is 1. The number of carbonyl (C=O) groups is 3.